The van der Waals surface area contributed by atoms with Crippen molar-refractivity contribution in [3.63, 3.8) is 0 Å². The summed E-state index contributed by atoms with van der Waals surface area (Å²) in [4.78, 5) is 46.6. The van der Waals surface area contributed by atoms with Gasteiger partial charge in [0.25, 0.3) is 0 Å². The fraction of sp³-hybridized carbons (Fsp3) is 0.586. The highest BCUT2D eigenvalue weighted by molar-refractivity contribution is 8.00. The van der Waals surface area contributed by atoms with Crippen LogP contribution in [0, 0.1) is 0 Å². The fourth-order valence-electron chi connectivity index (χ4n) is 3.99. The van der Waals surface area contributed by atoms with E-state index < -0.39 is 30.3 Å². The van der Waals surface area contributed by atoms with Crippen LogP contribution in [-0.2, 0) is 23.9 Å². The molecule has 0 bridgehead atoms. The van der Waals surface area contributed by atoms with Crippen LogP contribution in [0.2, 0.25) is 0 Å². The number of amides is 1. The number of methoxy groups -OCH3 is 1. The number of carboxylic acid groups (broad SMARTS) is 2. The molecule has 1 aliphatic heterocycles. The zero-order valence-corrected chi connectivity index (χ0v) is 29.2. The Balaban J connectivity index is 0.00000131. The number of nitrogens with two attached hydrogens (primary N) is 1. The van der Waals surface area contributed by atoms with E-state index in [1.807, 2.05) is 18.0 Å². The Morgan fingerprint density at radius 1 is 1.08 bits per heavy atom. The second-order valence-electron chi connectivity index (χ2n) is 10.6. The second kappa shape index (κ2) is 22.3. The summed E-state index contributed by atoms with van der Waals surface area (Å²) in [7, 11) is 1.38. The molecule has 1 fully saturated rings. The van der Waals surface area contributed by atoms with Crippen LogP contribution in [0.1, 0.15) is 38.2 Å². The first-order valence-corrected chi connectivity index (χ1v) is 17.2. The van der Waals surface area contributed by atoms with E-state index in [1.165, 1.54) is 17.6 Å². The Kier molecular flexibility index (Phi) is 21.2. The maximum absolute atomic E-state index is 13.4. The minimum absolute atomic E-state index is 0.0172. The molecule has 4 atom stereocenters. The molecule has 1 amide bonds. The number of rotatable bonds is 13. The van der Waals surface area contributed by atoms with E-state index >= 15 is 0 Å². The predicted octanol–water partition coefficient (Wildman–Crippen LogP) is 0.423. The van der Waals surface area contributed by atoms with Crippen LogP contribution in [0.3, 0.4) is 0 Å². The highest BCUT2D eigenvalue weighted by Gasteiger charge is 2.41. The molecule has 274 valence electrons. The molecule has 1 aromatic rings. The standard InChI is InChI=1S/C25H39N3O3S3.2C2HF3O2/c1-17(2)18-7-9-20(10-8-18)34-21-14-23(28(15-21)12-5-6-19(26)16-32)24(29)27-22(11-13-33-4)25(30)31-3;2*3-2(4,5)1(6)7/h5-10,17,19,21-23,32H,11-16,26H2,1-4H3,(H,27,29);2*(H,6,7)/b6-5+;;/t19-,21+,22+,23+;;/m1../s1. The number of likely N-dealkylation sites (tertiary alicyclic amines) is 1. The maximum Gasteiger partial charge on any atom is 0.430 e. The van der Waals surface area contributed by atoms with Crippen LogP contribution >= 0.6 is 36.2 Å². The van der Waals surface area contributed by atoms with Crippen molar-refractivity contribution in [1.29, 1.82) is 0 Å². The van der Waals surface area contributed by atoms with Gasteiger partial charge in [0.05, 0.1) is 7.11 Å². The molecule has 0 radical (unpaired) electrons. The van der Waals surface area contributed by atoms with Crippen LogP contribution in [0.25, 0.3) is 0 Å². The summed E-state index contributed by atoms with van der Waals surface area (Å²) in [6.45, 7) is 5.90. The minimum atomic E-state index is -5.19. The number of aliphatic carboxylic acids is 2. The van der Waals surface area contributed by atoms with E-state index in [2.05, 4.69) is 73.5 Å². The minimum Gasteiger partial charge on any atom is -0.542 e. The number of benzene rings is 1. The number of primary amides is 1. The third-order valence-corrected chi connectivity index (χ3v) is 8.82. The Morgan fingerprint density at radius 3 is 2.02 bits per heavy atom. The molecule has 19 heteroatoms. The lowest BCUT2D eigenvalue weighted by Gasteiger charge is -2.21. The van der Waals surface area contributed by atoms with Gasteiger partial charge in [0.2, 0.25) is 0 Å². The maximum atomic E-state index is 13.4. The molecule has 5 N–H and O–H groups in total. The first kappa shape index (κ1) is 45.6. The van der Waals surface area contributed by atoms with Gasteiger partial charge in [-0.3, -0.25) is 10.2 Å². The number of hydrogen-bond donors (Lipinski definition) is 3. The third kappa shape index (κ3) is 18.4. The Hall–Kier alpha value is -2.45. The Labute approximate surface area is 289 Å². The zero-order chi connectivity index (χ0) is 37.2. The number of carbonyl (C=O) groups is 4. The topological polar surface area (TPSA) is 171 Å². The first-order valence-electron chi connectivity index (χ1n) is 14.3. The molecule has 1 heterocycles. The number of nitrogens with zero attached hydrogens (tertiary/aromatic N) is 1. The van der Waals surface area contributed by atoms with Crippen molar-refractivity contribution >= 4 is 60.0 Å². The zero-order valence-electron chi connectivity index (χ0n) is 26.7. The van der Waals surface area contributed by atoms with Gasteiger partial charge in [-0.2, -0.15) is 50.7 Å². The van der Waals surface area contributed by atoms with Crippen LogP contribution < -0.4 is 21.3 Å². The lowest BCUT2D eigenvalue weighted by molar-refractivity contribution is -0.596. The number of hydrogen-bond acceptors (Lipinski definition) is 11. The summed E-state index contributed by atoms with van der Waals surface area (Å²) in [6, 6.07) is 8.16. The summed E-state index contributed by atoms with van der Waals surface area (Å²) < 4.78 is 68.1. The number of thioether (sulfide) groups is 2. The normalized spacial score (nSPS) is 17.9. The predicted molar refractivity (Wildman–Crippen MR) is 168 cm³/mol. The van der Waals surface area contributed by atoms with E-state index in [9.17, 15) is 35.9 Å². The summed E-state index contributed by atoms with van der Waals surface area (Å²) in [6.07, 6.45) is -2.88. The summed E-state index contributed by atoms with van der Waals surface area (Å²) >= 11 is 7.79. The third-order valence-electron chi connectivity index (χ3n) is 6.49. The first-order chi connectivity index (χ1) is 22.2. The molecule has 0 aliphatic carbocycles. The molecular formula is C29H41F6N3O7S3. The number of esters is 1. The van der Waals surface area contributed by atoms with Crippen molar-refractivity contribution in [3.8, 4) is 0 Å². The quantitative estimate of drug-likeness (QED) is 0.111. The van der Waals surface area contributed by atoms with Gasteiger partial charge in [-0.05, 0) is 48.1 Å². The van der Waals surface area contributed by atoms with Crippen molar-refractivity contribution in [1.82, 2.24) is 4.90 Å². The van der Waals surface area contributed by atoms with Crippen LogP contribution in [0.5, 0.6) is 0 Å². The van der Waals surface area contributed by atoms with E-state index in [-0.39, 0.29) is 24.0 Å². The molecule has 0 spiro atoms. The fourth-order valence-corrected chi connectivity index (χ4v) is 5.83. The van der Waals surface area contributed by atoms with Gasteiger partial charge in [0.15, 0.2) is 6.04 Å². The van der Waals surface area contributed by atoms with Crippen LogP contribution in [0.4, 0.5) is 26.3 Å². The number of thiol groups is 1. The van der Waals surface area contributed by atoms with Crippen molar-refractivity contribution < 1.29 is 71.5 Å². The van der Waals surface area contributed by atoms with Crippen molar-refractivity contribution in [2.45, 2.75) is 73.2 Å². The Bertz CT molecular complexity index is 1160. The lowest BCUT2D eigenvalue weighted by Crippen LogP contribution is -2.97. The second-order valence-corrected chi connectivity index (χ2v) is 13.3. The van der Waals surface area contributed by atoms with E-state index in [4.69, 9.17) is 24.5 Å². The molecular weight excluding hydrogens is 713 g/mol. The van der Waals surface area contributed by atoms with Crippen LogP contribution in [0.15, 0.2) is 41.3 Å². The van der Waals surface area contributed by atoms with Crippen molar-refractivity contribution in [2.24, 2.45) is 0 Å². The molecule has 0 saturated carbocycles. The molecule has 48 heavy (non-hydrogen) atoms. The lowest BCUT2D eigenvalue weighted by atomic mass is 10.0. The largest absolute Gasteiger partial charge is 0.542 e. The van der Waals surface area contributed by atoms with Gasteiger partial charge in [-0.15, -0.1) is 11.8 Å². The molecule has 1 saturated heterocycles. The number of carbonyl (C=O) groups excluding carboxylic acids is 4. The number of carboxylic acids is 2. The van der Waals surface area contributed by atoms with Gasteiger partial charge in [0.1, 0.15) is 24.0 Å². The summed E-state index contributed by atoms with van der Waals surface area (Å²) in [5.41, 5.74) is 5.38. The van der Waals surface area contributed by atoms with E-state index in [1.54, 1.807) is 17.1 Å². The Morgan fingerprint density at radius 2 is 1.60 bits per heavy atom. The van der Waals surface area contributed by atoms with Gasteiger partial charge in [-0.1, -0.05) is 32.1 Å². The van der Waals surface area contributed by atoms with Gasteiger partial charge < -0.3 is 30.3 Å². The van der Waals surface area contributed by atoms with Crippen molar-refractivity contribution in [3.05, 3.63) is 42.0 Å². The van der Waals surface area contributed by atoms with Crippen LogP contribution in [-0.4, -0.2) is 102 Å². The van der Waals surface area contributed by atoms with Gasteiger partial charge in [-0.25, -0.2) is 9.59 Å². The molecule has 0 unspecified atom stereocenters. The summed E-state index contributed by atoms with van der Waals surface area (Å²) in [5.74, 6) is -4.33. The van der Waals surface area contributed by atoms with Gasteiger partial charge >= 0.3 is 24.2 Å². The van der Waals surface area contributed by atoms with E-state index in [0.29, 0.717) is 29.9 Å². The molecule has 1 aromatic carbocycles. The number of quaternary nitrogens is 2. The number of alkyl halides is 6. The van der Waals surface area contributed by atoms with E-state index in [0.717, 1.165) is 18.7 Å². The SMILES string of the molecule is COC(=O)[C@H](CCSC)[NH2+]C(=O)[C@@H]1C[C@H](Sc2ccc(C(C)C)cc2)CN1C/C=C/[C@@H]([NH3+])CS.O=C([O-])C(F)(F)F.O=C([O-])C(F)(F)F. The highest BCUT2D eigenvalue weighted by atomic mass is 32.2. The average molecular weight is 754 g/mol. The molecule has 10 nitrogen and oxygen atoms in total. The van der Waals surface area contributed by atoms with Gasteiger partial charge in [0, 0.05) is 35.4 Å². The summed E-state index contributed by atoms with van der Waals surface area (Å²) in [5, 5.41) is 19.5. The molecule has 1 aliphatic rings. The molecule has 2 rings (SSSR count). The average Bonchev–Trinajstić information content (AvgIpc) is 3.40. The highest BCUT2D eigenvalue weighted by Crippen LogP contribution is 2.33. The number of halogens is 6. The molecule has 0 aromatic heterocycles. The number of ether oxygens (including phenoxy) is 1. The van der Waals surface area contributed by atoms with Crippen molar-refractivity contribution in [2.75, 3.05) is 38.0 Å². The smallest absolute Gasteiger partial charge is 0.430 e. The monoisotopic (exact) mass is 753 g/mol.